The van der Waals surface area contributed by atoms with Gasteiger partial charge >= 0.3 is 0 Å². The average Bonchev–Trinajstić information content (AvgIpc) is 2.40. The van der Waals surface area contributed by atoms with Gasteiger partial charge in [-0.2, -0.15) is 0 Å². The third-order valence-corrected chi connectivity index (χ3v) is 3.91. The lowest BCUT2D eigenvalue weighted by Gasteiger charge is -2.23. The van der Waals surface area contributed by atoms with Crippen LogP contribution < -0.4 is 10.1 Å². The van der Waals surface area contributed by atoms with Crippen molar-refractivity contribution in [3.63, 3.8) is 0 Å². The molecule has 0 amide bonds. The van der Waals surface area contributed by atoms with Gasteiger partial charge in [-0.3, -0.25) is 0 Å². The summed E-state index contributed by atoms with van der Waals surface area (Å²) in [5.41, 5.74) is 1.22. The first kappa shape index (κ1) is 14.8. The summed E-state index contributed by atoms with van der Waals surface area (Å²) in [6, 6.07) is 6.64. The molecule has 1 atom stereocenters. The molecule has 1 unspecified atom stereocenters. The predicted octanol–water partition coefficient (Wildman–Crippen LogP) is 3.50. The molecule has 1 fully saturated rings. The Balaban J connectivity index is 1.98. The van der Waals surface area contributed by atoms with Gasteiger partial charge in [0.25, 0.3) is 0 Å². The Kier molecular flexibility index (Phi) is 5.67. The summed E-state index contributed by atoms with van der Waals surface area (Å²) >= 11 is 3.59. The minimum Gasteiger partial charge on any atom is -0.488 e. The van der Waals surface area contributed by atoms with Crippen LogP contribution in [-0.2, 0) is 11.3 Å². The topological polar surface area (TPSA) is 30.5 Å². The van der Waals surface area contributed by atoms with Crippen LogP contribution >= 0.6 is 15.9 Å². The average molecular weight is 328 g/mol. The van der Waals surface area contributed by atoms with Crippen LogP contribution in [0.25, 0.3) is 0 Å². The van der Waals surface area contributed by atoms with E-state index < -0.39 is 0 Å². The second kappa shape index (κ2) is 7.27. The molecule has 0 aromatic heterocycles. The first-order valence-electron chi connectivity index (χ1n) is 6.91. The second-order valence-corrected chi connectivity index (χ2v) is 6.10. The minimum absolute atomic E-state index is 0.195. The molecular formula is C15H22BrNO2. The highest BCUT2D eigenvalue weighted by Gasteiger charge is 2.15. The van der Waals surface area contributed by atoms with Gasteiger partial charge in [-0.25, -0.2) is 0 Å². The molecule has 1 aliphatic rings. The highest BCUT2D eigenvalue weighted by Crippen LogP contribution is 2.24. The van der Waals surface area contributed by atoms with E-state index >= 15 is 0 Å². The van der Waals surface area contributed by atoms with E-state index in [9.17, 15) is 0 Å². The van der Waals surface area contributed by atoms with Gasteiger partial charge in [0.15, 0.2) is 0 Å². The molecule has 106 valence electrons. The zero-order valence-electron chi connectivity index (χ0n) is 11.6. The van der Waals surface area contributed by atoms with E-state index in [1.807, 2.05) is 6.07 Å². The van der Waals surface area contributed by atoms with Crippen LogP contribution in [0.3, 0.4) is 0 Å². The van der Waals surface area contributed by atoms with E-state index in [1.165, 1.54) is 5.56 Å². The lowest BCUT2D eigenvalue weighted by atomic mass is 10.1. The van der Waals surface area contributed by atoms with Crippen molar-refractivity contribution in [2.45, 2.75) is 45.4 Å². The normalized spacial score (nSPS) is 19.7. The van der Waals surface area contributed by atoms with E-state index in [0.29, 0.717) is 12.6 Å². The van der Waals surface area contributed by atoms with Crippen molar-refractivity contribution >= 4 is 15.9 Å². The van der Waals surface area contributed by atoms with E-state index in [0.717, 1.165) is 36.2 Å². The van der Waals surface area contributed by atoms with Gasteiger partial charge in [0, 0.05) is 23.7 Å². The van der Waals surface area contributed by atoms with Crippen molar-refractivity contribution in [3.05, 3.63) is 28.2 Å². The minimum atomic E-state index is 0.195. The molecule has 3 nitrogen and oxygen atoms in total. The monoisotopic (exact) mass is 327 g/mol. The highest BCUT2D eigenvalue weighted by atomic mass is 79.9. The number of halogens is 1. The molecule has 2 rings (SSSR count). The third-order valence-electron chi connectivity index (χ3n) is 3.14. The third kappa shape index (κ3) is 4.79. The lowest BCUT2D eigenvalue weighted by molar-refractivity contribution is 0.00739. The molecule has 1 aromatic rings. The van der Waals surface area contributed by atoms with Gasteiger partial charge in [0.05, 0.1) is 6.61 Å². The summed E-state index contributed by atoms with van der Waals surface area (Å²) in [6.45, 7) is 6.71. The van der Waals surface area contributed by atoms with Gasteiger partial charge in [-0.1, -0.05) is 29.8 Å². The number of ether oxygens (including phenoxy) is 2. The lowest BCUT2D eigenvalue weighted by Crippen LogP contribution is -2.28. The summed E-state index contributed by atoms with van der Waals surface area (Å²) in [4.78, 5) is 0. The van der Waals surface area contributed by atoms with Crippen molar-refractivity contribution in [1.29, 1.82) is 0 Å². The smallest absolute Gasteiger partial charge is 0.122 e. The maximum Gasteiger partial charge on any atom is 0.122 e. The van der Waals surface area contributed by atoms with Crippen LogP contribution in [0, 0.1) is 0 Å². The Bertz CT molecular complexity index is 403. The maximum atomic E-state index is 5.98. The first-order chi connectivity index (χ1) is 9.15. The molecule has 1 heterocycles. The molecule has 0 spiro atoms. The Morgan fingerprint density at radius 3 is 3.00 bits per heavy atom. The van der Waals surface area contributed by atoms with Crippen molar-refractivity contribution in [2.75, 3.05) is 13.2 Å². The van der Waals surface area contributed by atoms with Crippen LogP contribution in [0.2, 0.25) is 0 Å². The summed E-state index contributed by atoms with van der Waals surface area (Å²) < 4.78 is 12.5. The van der Waals surface area contributed by atoms with E-state index in [2.05, 4.69) is 47.2 Å². The van der Waals surface area contributed by atoms with Gasteiger partial charge in [0.2, 0.25) is 0 Å². The number of hydrogen-bond donors (Lipinski definition) is 1. The van der Waals surface area contributed by atoms with E-state index in [4.69, 9.17) is 9.47 Å². The largest absolute Gasteiger partial charge is 0.488 e. The highest BCUT2D eigenvalue weighted by molar-refractivity contribution is 9.10. The first-order valence-corrected chi connectivity index (χ1v) is 7.70. The molecule has 0 saturated carbocycles. The van der Waals surface area contributed by atoms with Crippen LogP contribution in [-0.4, -0.2) is 25.4 Å². The molecule has 1 aromatic carbocycles. The molecule has 0 aliphatic carbocycles. The van der Waals surface area contributed by atoms with Crippen molar-refractivity contribution in [1.82, 2.24) is 5.32 Å². The molecule has 0 radical (unpaired) electrons. The Hall–Kier alpha value is -0.580. The van der Waals surface area contributed by atoms with Crippen molar-refractivity contribution in [2.24, 2.45) is 0 Å². The fourth-order valence-corrected chi connectivity index (χ4v) is 2.46. The summed E-state index contributed by atoms with van der Waals surface area (Å²) in [6.07, 6.45) is 2.36. The zero-order valence-corrected chi connectivity index (χ0v) is 13.2. The molecule has 19 heavy (non-hydrogen) atoms. The summed E-state index contributed by atoms with van der Waals surface area (Å²) in [5, 5.41) is 3.42. The fourth-order valence-electron chi connectivity index (χ4n) is 2.07. The number of nitrogens with one attached hydrogen (secondary N) is 1. The van der Waals surface area contributed by atoms with Crippen LogP contribution in [0.1, 0.15) is 32.3 Å². The summed E-state index contributed by atoms with van der Waals surface area (Å²) in [5.74, 6) is 0.930. The maximum absolute atomic E-state index is 5.98. The molecule has 4 heteroatoms. The number of benzene rings is 1. The molecule has 0 bridgehead atoms. The molecule has 1 aliphatic heterocycles. The molecule has 1 N–H and O–H groups in total. The Labute approximate surface area is 123 Å². The van der Waals surface area contributed by atoms with Crippen LogP contribution in [0.15, 0.2) is 22.7 Å². The molecular weight excluding hydrogens is 306 g/mol. The van der Waals surface area contributed by atoms with Crippen LogP contribution in [0.5, 0.6) is 5.75 Å². The van der Waals surface area contributed by atoms with E-state index in [-0.39, 0.29) is 6.10 Å². The Morgan fingerprint density at radius 1 is 1.47 bits per heavy atom. The van der Waals surface area contributed by atoms with Crippen molar-refractivity contribution in [3.8, 4) is 5.75 Å². The number of hydrogen-bond acceptors (Lipinski definition) is 3. The number of rotatable bonds is 5. The SMILES string of the molecule is CC(C)NCc1cc(OC2CCCOC2)ccc1Br. The van der Waals surface area contributed by atoms with Gasteiger partial charge in [-0.15, -0.1) is 0 Å². The summed E-state index contributed by atoms with van der Waals surface area (Å²) in [7, 11) is 0. The van der Waals surface area contributed by atoms with E-state index in [1.54, 1.807) is 0 Å². The zero-order chi connectivity index (χ0) is 13.7. The Morgan fingerprint density at radius 2 is 2.32 bits per heavy atom. The van der Waals surface area contributed by atoms with Gasteiger partial charge < -0.3 is 14.8 Å². The van der Waals surface area contributed by atoms with Gasteiger partial charge in [-0.05, 0) is 36.6 Å². The quantitative estimate of drug-likeness (QED) is 0.897. The predicted molar refractivity (Wildman–Crippen MR) is 80.6 cm³/mol. The van der Waals surface area contributed by atoms with Gasteiger partial charge in [0.1, 0.15) is 11.9 Å². The van der Waals surface area contributed by atoms with Crippen molar-refractivity contribution < 1.29 is 9.47 Å². The van der Waals surface area contributed by atoms with Crippen LogP contribution in [0.4, 0.5) is 0 Å². The fraction of sp³-hybridized carbons (Fsp3) is 0.600. The second-order valence-electron chi connectivity index (χ2n) is 5.25. The molecule has 1 saturated heterocycles. The standard InChI is InChI=1S/C15H22BrNO2/c1-11(2)17-9-12-8-13(5-6-15(12)16)19-14-4-3-7-18-10-14/h5-6,8,11,14,17H,3-4,7,9-10H2,1-2H3.